The number of rotatable bonds is 4. The van der Waals surface area contributed by atoms with Crippen molar-refractivity contribution >= 4 is 24.0 Å². The van der Waals surface area contributed by atoms with Crippen LogP contribution >= 0.6 is 12.4 Å². The molecule has 4 heteroatoms. The molecule has 2 saturated carbocycles. The van der Waals surface area contributed by atoms with Gasteiger partial charge in [-0.1, -0.05) is 24.6 Å². The molecule has 0 aromatic heterocycles. The normalized spacial score (nSPS) is 27.1. The zero-order valence-electron chi connectivity index (χ0n) is 11.7. The van der Waals surface area contributed by atoms with Gasteiger partial charge in [0.1, 0.15) is 0 Å². The molecule has 3 unspecified atom stereocenters. The predicted octanol–water partition coefficient (Wildman–Crippen LogP) is 2.93. The Balaban J connectivity index is 0.00000147. The van der Waals surface area contributed by atoms with Crippen LogP contribution in [0.3, 0.4) is 0 Å². The number of carbonyl (C=O) groups is 1. The average Bonchev–Trinajstić information content (AvgIpc) is 3.00. The fraction of sp³-hybridized carbons (Fsp3) is 0.562. The molecule has 3 rings (SSSR count). The van der Waals surface area contributed by atoms with Crippen molar-refractivity contribution in [3.63, 3.8) is 0 Å². The van der Waals surface area contributed by atoms with Crippen molar-refractivity contribution in [1.29, 1.82) is 0 Å². The zero-order valence-corrected chi connectivity index (χ0v) is 12.5. The van der Waals surface area contributed by atoms with Crippen LogP contribution in [-0.4, -0.2) is 11.9 Å². The molecule has 0 saturated heterocycles. The molecule has 2 aliphatic rings. The second-order valence-electron chi connectivity index (χ2n) is 6.05. The molecule has 3 N–H and O–H groups in total. The number of anilines is 1. The van der Waals surface area contributed by atoms with E-state index in [1.54, 1.807) is 0 Å². The number of fused-ring (bicyclic) bond motifs is 2. The van der Waals surface area contributed by atoms with Crippen LogP contribution in [0.1, 0.15) is 37.7 Å². The monoisotopic (exact) mass is 294 g/mol. The second-order valence-corrected chi connectivity index (χ2v) is 6.05. The highest BCUT2D eigenvalue weighted by Crippen LogP contribution is 2.44. The van der Waals surface area contributed by atoms with E-state index in [1.807, 2.05) is 24.3 Å². The Morgan fingerprint density at radius 1 is 1.25 bits per heavy atom. The van der Waals surface area contributed by atoms with Gasteiger partial charge in [-0.2, -0.15) is 0 Å². The molecule has 1 amide bonds. The van der Waals surface area contributed by atoms with E-state index in [-0.39, 0.29) is 18.3 Å². The van der Waals surface area contributed by atoms with Crippen LogP contribution < -0.4 is 11.1 Å². The molecule has 3 atom stereocenters. The summed E-state index contributed by atoms with van der Waals surface area (Å²) in [7, 11) is 0. The highest BCUT2D eigenvalue weighted by molar-refractivity contribution is 5.85. The van der Waals surface area contributed by atoms with Crippen molar-refractivity contribution < 1.29 is 4.79 Å². The van der Waals surface area contributed by atoms with Crippen LogP contribution in [0.5, 0.6) is 0 Å². The molecule has 0 radical (unpaired) electrons. The van der Waals surface area contributed by atoms with Gasteiger partial charge in [-0.15, -0.1) is 12.4 Å². The quantitative estimate of drug-likeness (QED) is 0.839. The maximum absolute atomic E-state index is 12.0. The Morgan fingerprint density at radius 3 is 2.70 bits per heavy atom. The molecule has 2 fully saturated rings. The van der Waals surface area contributed by atoms with Gasteiger partial charge in [-0.05, 0) is 49.1 Å². The van der Waals surface area contributed by atoms with Crippen LogP contribution in [0.2, 0.25) is 0 Å². The Bertz CT molecular complexity index is 477. The first kappa shape index (κ1) is 15.2. The largest absolute Gasteiger partial charge is 0.399 e. The summed E-state index contributed by atoms with van der Waals surface area (Å²) < 4.78 is 0. The first-order valence-electron chi connectivity index (χ1n) is 7.35. The lowest BCUT2D eigenvalue weighted by atomic mass is 9.95. The highest BCUT2D eigenvalue weighted by Gasteiger charge is 2.39. The van der Waals surface area contributed by atoms with E-state index in [2.05, 4.69) is 5.32 Å². The Morgan fingerprint density at radius 2 is 2.05 bits per heavy atom. The van der Waals surface area contributed by atoms with Crippen molar-refractivity contribution in [3.8, 4) is 0 Å². The fourth-order valence-corrected chi connectivity index (χ4v) is 3.71. The van der Waals surface area contributed by atoms with E-state index in [0.717, 1.165) is 29.5 Å². The molecule has 0 heterocycles. The zero-order chi connectivity index (χ0) is 13.2. The van der Waals surface area contributed by atoms with Gasteiger partial charge in [0.15, 0.2) is 0 Å². The number of hydrogen-bond acceptors (Lipinski definition) is 2. The van der Waals surface area contributed by atoms with E-state index in [0.29, 0.717) is 12.5 Å². The van der Waals surface area contributed by atoms with Crippen molar-refractivity contribution in [1.82, 2.24) is 5.32 Å². The lowest BCUT2D eigenvalue weighted by Gasteiger charge is -2.22. The predicted molar refractivity (Wildman–Crippen MR) is 83.8 cm³/mol. The molecule has 110 valence electrons. The van der Waals surface area contributed by atoms with Crippen LogP contribution in [0.4, 0.5) is 5.69 Å². The third-order valence-electron chi connectivity index (χ3n) is 4.76. The van der Waals surface area contributed by atoms with E-state index in [4.69, 9.17) is 5.73 Å². The number of halogens is 1. The summed E-state index contributed by atoms with van der Waals surface area (Å²) in [6, 6.07) is 8.23. The fourth-order valence-electron chi connectivity index (χ4n) is 3.71. The van der Waals surface area contributed by atoms with Crippen LogP contribution in [0.15, 0.2) is 24.3 Å². The number of carbonyl (C=O) groups excluding carboxylic acids is 1. The molecule has 1 aromatic carbocycles. The van der Waals surface area contributed by atoms with Crippen LogP contribution in [0, 0.1) is 11.8 Å². The summed E-state index contributed by atoms with van der Waals surface area (Å²) in [5.74, 6) is 1.80. The summed E-state index contributed by atoms with van der Waals surface area (Å²) in [6.45, 7) is 0. The molecule has 3 nitrogen and oxygen atoms in total. The van der Waals surface area contributed by atoms with Gasteiger partial charge in [0.05, 0.1) is 0 Å². The lowest BCUT2D eigenvalue weighted by Crippen LogP contribution is -2.38. The Kier molecular flexibility index (Phi) is 4.92. The van der Waals surface area contributed by atoms with Crippen molar-refractivity contribution in [2.45, 2.75) is 44.6 Å². The number of amides is 1. The number of nitrogens with one attached hydrogen (secondary N) is 1. The van der Waals surface area contributed by atoms with E-state index >= 15 is 0 Å². The van der Waals surface area contributed by atoms with Crippen LogP contribution in [-0.2, 0) is 11.2 Å². The number of aryl methyl sites for hydroxylation is 1. The number of para-hydroxylation sites is 1. The summed E-state index contributed by atoms with van der Waals surface area (Å²) in [5.41, 5.74) is 7.75. The molecule has 20 heavy (non-hydrogen) atoms. The molecule has 2 bridgehead atoms. The van der Waals surface area contributed by atoms with Gasteiger partial charge in [-0.3, -0.25) is 4.79 Å². The lowest BCUT2D eigenvalue weighted by molar-refractivity contribution is -0.122. The second kappa shape index (κ2) is 6.49. The third-order valence-corrected chi connectivity index (χ3v) is 4.76. The smallest absolute Gasteiger partial charge is 0.220 e. The van der Waals surface area contributed by atoms with Crippen molar-refractivity contribution in [2.24, 2.45) is 11.8 Å². The molecule has 1 aromatic rings. The Labute approximate surface area is 126 Å². The van der Waals surface area contributed by atoms with E-state index < -0.39 is 0 Å². The van der Waals surface area contributed by atoms with Crippen LogP contribution in [0.25, 0.3) is 0 Å². The van der Waals surface area contributed by atoms with Gasteiger partial charge in [0, 0.05) is 18.2 Å². The van der Waals surface area contributed by atoms with E-state index in [9.17, 15) is 4.79 Å². The minimum absolute atomic E-state index is 0. The average molecular weight is 295 g/mol. The summed E-state index contributed by atoms with van der Waals surface area (Å²) in [5, 5.41) is 3.22. The van der Waals surface area contributed by atoms with Gasteiger partial charge in [0.25, 0.3) is 0 Å². The van der Waals surface area contributed by atoms with Gasteiger partial charge < -0.3 is 11.1 Å². The summed E-state index contributed by atoms with van der Waals surface area (Å²) in [4.78, 5) is 12.0. The maximum Gasteiger partial charge on any atom is 0.220 e. The topological polar surface area (TPSA) is 55.1 Å². The molecule has 0 spiro atoms. The minimum Gasteiger partial charge on any atom is -0.399 e. The first-order valence-corrected chi connectivity index (χ1v) is 7.35. The van der Waals surface area contributed by atoms with Gasteiger partial charge in [-0.25, -0.2) is 0 Å². The van der Waals surface area contributed by atoms with Gasteiger partial charge >= 0.3 is 0 Å². The van der Waals surface area contributed by atoms with Crippen molar-refractivity contribution in [3.05, 3.63) is 29.8 Å². The third kappa shape index (κ3) is 3.26. The number of nitrogen functional groups attached to an aromatic ring is 1. The van der Waals surface area contributed by atoms with Gasteiger partial charge in [0.2, 0.25) is 5.91 Å². The molecule has 2 aliphatic carbocycles. The first-order chi connectivity index (χ1) is 9.22. The van der Waals surface area contributed by atoms with Crippen molar-refractivity contribution in [2.75, 3.05) is 5.73 Å². The molecule has 0 aliphatic heterocycles. The number of benzene rings is 1. The molecular weight excluding hydrogens is 272 g/mol. The molecular formula is C16H23ClN2O. The minimum atomic E-state index is 0. The van der Waals surface area contributed by atoms with E-state index in [1.165, 1.54) is 25.7 Å². The number of hydrogen-bond donors (Lipinski definition) is 2. The maximum atomic E-state index is 12.0. The highest BCUT2D eigenvalue weighted by atomic mass is 35.5. The standard InChI is InChI=1S/C16H22N2O.ClH/c17-14-4-2-1-3-12(14)7-8-16(19)18-15-10-11-5-6-13(15)9-11;/h1-4,11,13,15H,5-10,17H2,(H,18,19);1H. The Hall–Kier alpha value is -1.22. The SMILES string of the molecule is Cl.Nc1ccccc1CCC(=O)NC1CC2CCC1C2. The summed E-state index contributed by atoms with van der Waals surface area (Å²) in [6.07, 6.45) is 6.49. The number of nitrogens with two attached hydrogens (primary N) is 1. The summed E-state index contributed by atoms with van der Waals surface area (Å²) >= 11 is 0.